The van der Waals surface area contributed by atoms with Crippen LogP contribution in [0.4, 0.5) is 0 Å². The molecule has 0 aliphatic rings. The minimum absolute atomic E-state index is 0.0251. The van der Waals surface area contributed by atoms with Crippen LogP contribution in [0, 0.1) is 0 Å². The molecule has 0 fully saturated rings. The second kappa shape index (κ2) is 6.40. The highest BCUT2D eigenvalue weighted by atomic mass is 16.5. The molecule has 5 heteroatoms. The maximum absolute atomic E-state index is 12.8. The largest absolute Gasteiger partial charge is 0.494 e. The number of nitrogens with zero attached hydrogens (tertiary/aromatic N) is 1. The second-order valence-electron chi connectivity index (χ2n) is 6.42. The van der Waals surface area contributed by atoms with E-state index in [1.165, 1.54) is 0 Å². The third-order valence-electron chi connectivity index (χ3n) is 3.69. The van der Waals surface area contributed by atoms with E-state index in [4.69, 9.17) is 10.5 Å². The molecule has 0 bridgehead atoms. The molecule has 0 saturated heterocycles. The molecular weight excluding hydrogens is 278 g/mol. The van der Waals surface area contributed by atoms with Crippen molar-refractivity contribution in [3.63, 3.8) is 0 Å². The first-order valence-electron chi connectivity index (χ1n) is 7.58. The molecule has 2 aromatic rings. The number of rotatable bonds is 5. The molecule has 3 N–H and O–H groups in total. The van der Waals surface area contributed by atoms with Crippen LogP contribution in [0.25, 0.3) is 5.69 Å². The van der Waals surface area contributed by atoms with E-state index in [0.29, 0.717) is 18.7 Å². The lowest BCUT2D eigenvalue weighted by atomic mass is 9.88. The lowest BCUT2D eigenvalue weighted by molar-refractivity contribution is 0.411. The maximum atomic E-state index is 12.8. The van der Waals surface area contributed by atoms with Gasteiger partial charge in [-0.2, -0.15) is 0 Å². The third kappa shape index (κ3) is 3.09. The van der Waals surface area contributed by atoms with Crippen LogP contribution in [-0.2, 0) is 11.8 Å². The molecule has 2 rings (SSSR count). The molecule has 0 amide bonds. The summed E-state index contributed by atoms with van der Waals surface area (Å²) in [5, 5.41) is 3.27. The van der Waals surface area contributed by atoms with Gasteiger partial charge >= 0.3 is 0 Å². The average Bonchev–Trinajstić information content (AvgIpc) is 2.82. The fourth-order valence-corrected chi connectivity index (χ4v) is 2.59. The fraction of sp³-hybridized carbons (Fsp3) is 0.471. The van der Waals surface area contributed by atoms with Gasteiger partial charge in [-0.1, -0.05) is 32.9 Å². The van der Waals surface area contributed by atoms with Gasteiger partial charge in [0.15, 0.2) is 0 Å². The number of ether oxygens (including phenoxy) is 1. The highest BCUT2D eigenvalue weighted by Crippen LogP contribution is 2.26. The highest BCUT2D eigenvalue weighted by Gasteiger charge is 2.25. The number of aromatic nitrogens is 2. The van der Waals surface area contributed by atoms with Gasteiger partial charge in [-0.15, -0.1) is 0 Å². The van der Waals surface area contributed by atoms with E-state index in [0.717, 1.165) is 23.4 Å². The van der Waals surface area contributed by atoms with Crippen LogP contribution in [-0.4, -0.2) is 23.4 Å². The second-order valence-corrected chi connectivity index (χ2v) is 6.42. The van der Waals surface area contributed by atoms with Crippen molar-refractivity contribution in [1.29, 1.82) is 0 Å². The summed E-state index contributed by atoms with van der Waals surface area (Å²) in [6, 6.07) is 7.49. The summed E-state index contributed by atoms with van der Waals surface area (Å²) in [7, 11) is 1.60. The Morgan fingerprint density at radius 2 is 1.95 bits per heavy atom. The maximum Gasteiger partial charge on any atom is 0.274 e. The van der Waals surface area contributed by atoms with Gasteiger partial charge in [-0.3, -0.25) is 9.89 Å². The van der Waals surface area contributed by atoms with E-state index in [9.17, 15) is 4.79 Å². The van der Waals surface area contributed by atoms with E-state index >= 15 is 0 Å². The van der Waals surface area contributed by atoms with Gasteiger partial charge in [0, 0.05) is 16.7 Å². The SMILES string of the molecule is COc1ccccc1-n1[nH]c(C(C)(C)C)c(CCCN)c1=O. The first-order chi connectivity index (χ1) is 10.4. The molecule has 0 unspecified atom stereocenters. The van der Waals surface area contributed by atoms with Crippen LogP contribution >= 0.6 is 0 Å². The van der Waals surface area contributed by atoms with Gasteiger partial charge in [0.25, 0.3) is 5.56 Å². The molecule has 5 nitrogen and oxygen atoms in total. The van der Waals surface area contributed by atoms with Crippen molar-refractivity contribution in [2.24, 2.45) is 5.73 Å². The number of aromatic amines is 1. The summed E-state index contributed by atoms with van der Waals surface area (Å²) < 4.78 is 6.95. The molecule has 0 spiro atoms. The van der Waals surface area contributed by atoms with Crippen LogP contribution in [0.2, 0.25) is 0 Å². The zero-order valence-electron chi connectivity index (χ0n) is 13.8. The molecule has 1 aromatic carbocycles. The van der Waals surface area contributed by atoms with E-state index in [1.54, 1.807) is 11.8 Å². The molecule has 120 valence electrons. The Kier molecular flexibility index (Phi) is 4.76. The van der Waals surface area contributed by atoms with Crippen molar-refractivity contribution >= 4 is 0 Å². The molecule has 0 saturated carbocycles. The van der Waals surface area contributed by atoms with Crippen molar-refractivity contribution in [3.8, 4) is 11.4 Å². The van der Waals surface area contributed by atoms with Gasteiger partial charge in [-0.05, 0) is 31.5 Å². The van der Waals surface area contributed by atoms with E-state index in [1.807, 2.05) is 24.3 Å². The Bertz CT molecular complexity index is 693. The van der Waals surface area contributed by atoms with Crippen LogP contribution in [0.3, 0.4) is 0 Å². The number of para-hydroxylation sites is 2. The Labute approximate surface area is 131 Å². The lowest BCUT2D eigenvalue weighted by Gasteiger charge is -2.18. The molecule has 22 heavy (non-hydrogen) atoms. The summed E-state index contributed by atoms with van der Waals surface area (Å²) >= 11 is 0. The van der Waals surface area contributed by atoms with E-state index < -0.39 is 0 Å². The fourth-order valence-electron chi connectivity index (χ4n) is 2.59. The number of hydrogen-bond donors (Lipinski definition) is 2. The molecular formula is C17H25N3O2. The predicted molar refractivity (Wildman–Crippen MR) is 89.0 cm³/mol. The monoisotopic (exact) mass is 303 g/mol. The Balaban J connectivity index is 2.63. The first-order valence-corrected chi connectivity index (χ1v) is 7.58. The summed E-state index contributed by atoms with van der Waals surface area (Å²) in [6.07, 6.45) is 1.47. The molecule has 0 aliphatic carbocycles. The summed E-state index contributed by atoms with van der Waals surface area (Å²) in [5.74, 6) is 0.664. The van der Waals surface area contributed by atoms with Crippen molar-refractivity contribution in [2.45, 2.75) is 39.0 Å². The van der Waals surface area contributed by atoms with Gasteiger partial charge in [0.1, 0.15) is 11.4 Å². The quantitative estimate of drug-likeness (QED) is 0.890. The van der Waals surface area contributed by atoms with Gasteiger partial charge < -0.3 is 10.5 Å². The number of benzene rings is 1. The Morgan fingerprint density at radius 3 is 2.55 bits per heavy atom. The zero-order chi connectivity index (χ0) is 16.3. The van der Waals surface area contributed by atoms with Crippen LogP contribution < -0.4 is 16.0 Å². The minimum Gasteiger partial charge on any atom is -0.494 e. The zero-order valence-corrected chi connectivity index (χ0v) is 13.8. The van der Waals surface area contributed by atoms with Gasteiger partial charge in [0.05, 0.1) is 7.11 Å². The summed E-state index contributed by atoms with van der Waals surface area (Å²) in [5.41, 5.74) is 7.93. The number of H-pyrrole nitrogens is 1. The Hall–Kier alpha value is -2.01. The van der Waals surface area contributed by atoms with Crippen LogP contribution in [0.1, 0.15) is 38.4 Å². The molecule has 1 aromatic heterocycles. The molecule has 0 radical (unpaired) electrons. The molecule has 1 heterocycles. The van der Waals surface area contributed by atoms with Gasteiger partial charge in [0.2, 0.25) is 0 Å². The molecule has 0 aliphatic heterocycles. The third-order valence-corrected chi connectivity index (χ3v) is 3.69. The van der Waals surface area contributed by atoms with Crippen molar-refractivity contribution in [1.82, 2.24) is 9.78 Å². The Morgan fingerprint density at radius 1 is 1.27 bits per heavy atom. The topological polar surface area (TPSA) is 73.0 Å². The van der Waals surface area contributed by atoms with Crippen molar-refractivity contribution < 1.29 is 4.74 Å². The normalized spacial score (nSPS) is 11.7. The minimum atomic E-state index is -0.143. The number of nitrogens with two attached hydrogens (primary N) is 1. The van der Waals surface area contributed by atoms with Crippen LogP contribution in [0.5, 0.6) is 5.75 Å². The van der Waals surface area contributed by atoms with Crippen molar-refractivity contribution in [3.05, 3.63) is 45.9 Å². The first kappa shape index (κ1) is 16.4. The molecule has 0 atom stereocenters. The predicted octanol–water partition coefficient (Wildman–Crippen LogP) is 2.36. The number of hydrogen-bond acceptors (Lipinski definition) is 3. The standard InChI is InChI=1S/C17H25N3O2/c1-17(2,3)15-12(8-7-11-18)16(21)20(19-15)13-9-5-6-10-14(13)22-4/h5-6,9-10,19H,7-8,11,18H2,1-4H3. The van der Waals surface area contributed by atoms with Crippen LogP contribution in [0.15, 0.2) is 29.1 Å². The smallest absolute Gasteiger partial charge is 0.274 e. The number of methoxy groups -OCH3 is 1. The van der Waals surface area contributed by atoms with Crippen molar-refractivity contribution in [2.75, 3.05) is 13.7 Å². The highest BCUT2D eigenvalue weighted by molar-refractivity contribution is 5.47. The van der Waals surface area contributed by atoms with E-state index in [-0.39, 0.29) is 11.0 Å². The lowest BCUT2D eigenvalue weighted by Crippen LogP contribution is -2.19. The average molecular weight is 303 g/mol. The van der Waals surface area contributed by atoms with Gasteiger partial charge in [-0.25, -0.2) is 4.68 Å². The number of nitrogens with one attached hydrogen (secondary N) is 1. The summed E-state index contributed by atoms with van der Waals surface area (Å²) in [6.45, 7) is 6.85. The summed E-state index contributed by atoms with van der Waals surface area (Å²) in [4.78, 5) is 12.8. The van der Waals surface area contributed by atoms with E-state index in [2.05, 4.69) is 25.9 Å².